The monoisotopic (exact) mass is 230 g/mol. The van der Waals surface area contributed by atoms with E-state index in [0.29, 0.717) is 12.0 Å². The summed E-state index contributed by atoms with van der Waals surface area (Å²) in [5.41, 5.74) is 2.53. The lowest BCUT2D eigenvalue weighted by atomic mass is 9.95. The number of carbonyl (C=O) groups excluding carboxylic acids is 1. The fourth-order valence-corrected chi connectivity index (χ4v) is 1.50. The molecule has 3 N–H and O–H groups in total. The van der Waals surface area contributed by atoms with Gasteiger partial charge in [-0.3, -0.25) is 10.2 Å². The second kappa shape index (κ2) is 4.59. The lowest BCUT2D eigenvalue weighted by Gasteiger charge is -2.23. The van der Waals surface area contributed by atoms with Crippen molar-refractivity contribution in [2.75, 3.05) is 0 Å². The van der Waals surface area contributed by atoms with Gasteiger partial charge < -0.3 is 0 Å². The van der Waals surface area contributed by atoms with Crippen molar-refractivity contribution in [3.05, 3.63) is 35.6 Å². The summed E-state index contributed by atoms with van der Waals surface area (Å²) in [7, 11) is 0. The van der Waals surface area contributed by atoms with Crippen LogP contribution in [0.4, 0.5) is 4.39 Å². The normalized spacial score (nSPS) is 14.4. The molecule has 5 heteroatoms. The molecule has 1 atom stereocenters. The van der Waals surface area contributed by atoms with Crippen molar-refractivity contribution in [1.29, 1.82) is 0 Å². The summed E-state index contributed by atoms with van der Waals surface area (Å²) in [4.78, 5) is 10.3. The van der Waals surface area contributed by atoms with E-state index >= 15 is 0 Å². The number of nitrogens with one attached hydrogen (secondary N) is 1. The molecule has 0 radical (unpaired) electrons. The molecule has 0 aromatic heterocycles. The van der Waals surface area contributed by atoms with Crippen molar-refractivity contribution in [1.82, 2.24) is 5.43 Å². The van der Waals surface area contributed by atoms with Gasteiger partial charge in [-0.05, 0) is 24.1 Å². The first kappa shape index (κ1) is 11.9. The van der Waals surface area contributed by atoms with Gasteiger partial charge in [0.25, 0.3) is 5.91 Å². The molecule has 0 bridgehead atoms. The van der Waals surface area contributed by atoms with Gasteiger partial charge in [-0.2, -0.15) is 0 Å². The Labute approximate surface area is 92.4 Å². The lowest BCUT2D eigenvalue weighted by molar-refractivity contribution is -0.124. The van der Waals surface area contributed by atoms with E-state index in [-0.39, 0.29) is 5.82 Å². The maximum Gasteiger partial charge on any atom is 0.259 e. The number of hydrogen-bond acceptors (Lipinski definition) is 2. The van der Waals surface area contributed by atoms with Gasteiger partial charge in [-0.15, -0.1) is 11.6 Å². The van der Waals surface area contributed by atoms with Crippen LogP contribution >= 0.6 is 11.6 Å². The quantitative estimate of drug-likeness (QED) is 0.359. The first-order valence-electron chi connectivity index (χ1n) is 4.50. The summed E-state index contributed by atoms with van der Waals surface area (Å²) >= 11 is 6.14. The van der Waals surface area contributed by atoms with E-state index in [4.69, 9.17) is 17.4 Å². The molecule has 0 fully saturated rings. The Balaban J connectivity index is 3.11. The molecule has 15 heavy (non-hydrogen) atoms. The van der Waals surface area contributed by atoms with Gasteiger partial charge in [0.05, 0.1) is 0 Å². The van der Waals surface area contributed by atoms with Gasteiger partial charge in [-0.25, -0.2) is 10.2 Å². The average molecular weight is 231 g/mol. The van der Waals surface area contributed by atoms with Crippen LogP contribution in [0.1, 0.15) is 18.9 Å². The summed E-state index contributed by atoms with van der Waals surface area (Å²) in [5, 5.41) is 0. The number of amides is 1. The molecule has 0 spiro atoms. The Morgan fingerprint density at radius 1 is 1.53 bits per heavy atom. The summed E-state index contributed by atoms with van der Waals surface area (Å²) in [5.74, 6) is 4.17. The number of carbonyl (C=O) groups is 1. The number of nitrogens with two attached hydrogens (primary N) is 1. The largest absolute Gasteiger partial charge is 0.292 e. The number of hydrazine groups is 1. The Morgan fingerprint density at radius 2 is 2.07 bits per heavy atom. The highest BCUT2D eigenvalue weighted by Crippen LogP contribution is 2.32. The first-order chi connectivity index (χ1) is 7.04. The SMILES string of the molecule is CCC(Cl)(C(=O)NN)c1ccc(F)cc1. The zero-order valence-corrected chi connectivity index (χ0v) is 9.01. The van der Waals surface area contributed by atoms with Gasteiger partial charge in [-0.1, -0.05) is 19.1 Å². The van der Waals surface area contributed by atoms with Crippen LogP contribution in [-0.4, -0.2) is 5.91 Å². The second-order valence-corrected chi connectivity index (χ2v) is 3.78. The fourth-order valence-electron chi connectivity index (χ4n) is 1.32. The molecule has 0 aliphatic rings. The van der Waals surface area contributed by atoms with E-state index in [9.17, 15) is 9.18 Å². The molecule has 1 aromatic rings. The minimum Gasteiger partial charge on any atom is -0.292 e. The zero-order chi connectivity index (χ0) is 11.5. The van der Waals surface area contributed by atoms with E-state index < -0.39 is 10.8 Å². The molecular weight excluding hydrogens is 219 g/mol. The Morgan fingerprint density at radius 3 is 2.47 bits per heavy atom. The molecule has 1 rings (SSSR count). The maximum atomic E-state index is 12.7. The van der Waals surface area contributed by atoms with Crippen LogP contribution < -0.4 is 11.3 Å². The van der Waals surface area contributed by atoms with E-state index in [2.05, 4.69) is 0 Å². The third-order valence-electron chi connectivity index (χ3n) is 2.28. The summed E-state index contributed by atoms with van der Waals surface area (Å²) in [6.07, 6.45) is 0.364. The number of benzene rings is 1. The average Bonchev–Trinajstić information content (AvgIpc) is 2.27. The van der Waals surface area contributed by atoms with Crippen LogP contribution in [0.25, 0.3) is 0 Å². The molecule has 0 saturated heterocycles. The van der Waals surface area contributed by atoms with Crippen molar-refractivity contribution in [2.45, 2.75) is 18.2 Å². The van der Waals surface area contributed by atoms with E-state index in [1.807, 2.05) is 5.43 Å². The van der Waals surface area contributed by atoms with Crippen LogP contribution in [0.15, 0.2) is 24.3 Å². The predicted octanol–water partition coefficient (Wildman–Crippen LogP) is 1.66. The van der Waals surface area contributed by atoms with Gasteiger partial charge in [0.1, 0.15) is 10.7 Å². The van der Waals surface area contributed by atoms with Crippen molar-refractivity contribution < 1.29 is 9.18 Å². The molecule has 0 aliphatic carbocycles. The molecule has 0 heterocycles. The summed E-state index contributed by atoms with van der Waals surface area (Å²) in [6, 6.07) is 5.46. The molecular formula is C10H12ClFN2O. The second-order valence-electron chi connectivity index (χ2n) is 3.14. The standard InChI is InChI=1S/C10H12ClFN2O/c1-2-10(11,9(15)14-13)7-3-5-8(12)6-4-7/h3-6H,2,13H2,1H3,(H,14,15). The number of halogens is 2. The minimum absolute atomic E-state index is 0.364. The number of hydrogen-bond donors (Lipinski definition) is 2. The topological polar surface area (TPSA) is 55.1 Å². The fraction of sp³-hybridized carbons (Fsp3) is 0.300. The highest BCUT2D eigenvalue weighted by Gasteiger charge is 2.35. The zero-order valence-electron chi connectivity index (χ0n) is 8.26. The van der Waals surface area contributed by atoms with Gasteiger partial charge in [0, 0.05) is 0 Å². The highest BCUT2D eigenvalue weighted by atomic mass is 35.5. The third-order valence-corrected chi connectivity index (χ3v) is 2.94. The van der Waals surface area contributed by atoms with E-state index in [1.165, 1.54) is 24.3 Å². The van der Waals surface area contributed by atoms with Crippen molar-refractivity contribution in [3.63, 3.8) is 0 Å². The van der Waals surface area contributed by atoms with Crippen LogP contribution in [0.2, 0.25) is 0 Å². The van der Waals surface area contributed by atoms with Crippen LogP contribution in [0.3, 0.4) is 0 Å². The Hall–Kier alpha value is -1.13. The maximum absolute atomic E-state index is 12.7. The van der Waals surface area contributed by atoms with Crippen LogP contribution in [0, 0.1) is 5.82 Å². The Bertz CT molecular complexity index is 355. The van der Waals surface area contributed by atoms with Gasteiger partial charge in [0.2, 0.25) is 0 Å². The van der Waals surface area contributed by atoms with E-state index in [1.54, 1.807) is 6.92 Å². The molecule has 1 amide bonds. The number of rotatable bonds is 3. The highest BCUT2D eigenvalue weighted by molar-refractivity contribution is 6.34. The van der Waals surface area contributed by atoms with Gasteiger partial charge >= 0.3 is 0 Å². The van der Waals surface area contributed by atoms with Crippen molar-refractivity contribution in [2.24, 2.45) is 5.84 Å². The van der Waals surface area contributed by atoms with Crippen LogP contribution in [-0.2, 0) is 9.67 Å². The minimum atomic E-state index is -1.23. The van der Waals surface area contributed by atoms with Gasteiger partial charge in [0.15, 0.2) is 0 Å². The van der Waals surface area contributed by atoms with Crippen molar-refractivity contribution in [3.8, 4) is 0 Å². The molecule has 1 unspecified atom stereocenters. The molecule has 1 aromatic carbocycles. The van der Waals surface area contributed by atoms with Crippen LogP contribution in [0.5, 0.6) is 0 Å². The number of alkyl halides is 1. The smallest absolute Gasteiger partial charge is 0.259 e. The molecule has 0 saturated carbocycles. The molecule has 82 valence electrons. The summed E-state index contributed by atoms with van der Waals surface area (Å²) < 4.78 is 12.7. The molecule has 3 nitrogen and oxygen atoms in total. The van der Waals surface area contributed by atoms with Crippen molar-refractivity contribution >= 4 is 17.5 Å². The first-order valence-corrected chi connectivity index (χ1v) is 4.88. The lowest BCUT2D eigenvalue weighted by Crippen LogP contribution is -2.43. The predicted molar refractivity (Wildman–Crippen MR) is 56.6 cm³/mol. The Kier molecular flexibility index (Phi) is 3.66. The third kappa shape index (κ3) is 2.27. The molecule has 0 aliphatic heterocycles. The summed E-state index contributed by atoms with van der Waals surface area (Å²) in [6.45, 7) is 1.76. The van der Waals surface area contributed by atoms with E-state index in [0.717, 1.165) is 0 Å².